The Hall–Kier alpha value is -0.240. The topological polar surface area (TPSA) is 29.1 Å². The number of rotatable bonds is 4. The second kappa shape index (κ2) is 4.46. The fourth-order valence-corrected chi connectivity index (χ4v) is 5.19. The first-order valence-corrected chi connectivity index (χ1v) is 7.55. The van der Waals surface area contributed by atoms with Crippen molar-refractivity contribution in [1.29, 1.82) is 0 Å². The summed E-state index contributed by atoms with van der Waals surface area (Å²) in [7, 11) is 0. The zero-order valence-electron chi connectivity index (χ0n) is 10.4. The lowest BCUT2D eigenvalue weighted by molar-refractivity contribution is -0.129. The molecule has 0 aliphatic heterocycles. The molecule has 3 heteroatoms. The number of halogens is 1. The summed E-state index contributed by atoms with van der Waals surface area (Å²) < 4.78 is 0. The number of nitrogens with one attached hydrogen (secondary N) is 1. The van der Waals surface area contributed by atoms with Crippen molar-refractivity contribution in [3.8, 4) is 0 Å². The highest BCUT2D eigenvalue weighted by Crippen LogP contribution is 2.61. The number of hydrogen-bond acceptors (Lipinski definition) is 1. The van der Waals surface area contributed by atoms with Crippen molar-refractivity contribution >= 4 is 17.5 Å². The van der Waals surface area contributed by atoms with Crippen molar-refractivity contribution in [3.05, 3.63) is 0 Å². The SMILES string of the molecule is O=C(CC12CC3CC(CC(C3)C1)C2)NCCCl. The minimum absolute atomic E-state index is 0.229. The Bertz CT molecular complexity index is 280. The van der Waals surface area contributed by atoms with Gasteiger partial charge in [-0.2, -0.15) is 0 Å². The Morgan fingerprint density at radius 2 is 1.65 bits per heavy atom. The van der Waals surface area contributed by atoms with Crippen LogP contribution in [0.5, 0.6) is 0 Å². The molecule has 96 valence electrons. The lowest BCUT2D eigenvalue weighted by Crippen LogP contribution is -2.48. The Labute approximate surface area is 108 Å². The van der Waals surface area contributed by atoms with Crippen molar-refractivity contribution < 1.29 is 4.79 Å². The summed E-state index contributed by atoms with van der Waals surface area (Å²) in [4.78, 5) is 11.9. The minimum Gasteiger partial charge on any atom is -0.355 e. The molecule has 17 heavy (non-hydrogen) atoms. The smallest absolute Gasteiger partial charge is 0.220 e. The fourth-order valence-electron chi connectivity index (χ4n) is 5.10. The molecule has 0 aromatic heterocycles. The van der Waals surface area contributed by atoms with E-state index in [0.29, 0.717) is 17.8 Å². The van der Waals surface area contributed by atoms with Crippen LogP contribution >= 0.6 is 11.6 Å². The van der Waals surface area contributed by atoms with Gasteiger partial charge in [0.1, 0.15) is 0 Å². The van der Waals surface area contributed by atoms with Gasteiger partial charge in [-0.05, 0) is 61.7 Å². The first-order chi connectivity index (χ1) is 8.19. The van der Waals surface area contributed by atoms with E-state index in [1.165, 1.54) is 38.5 Å². The van der Waals surface area contributed by atoms with Gasteiger partial charge in [0.15, 0.2) is 0 Å². The maximum atomic E-state index is 11.9. The standard InChI is InChI=1S/C14H22ClNO/c15-1-2-16-13(17)9-14-6-10-3-11(7-14)5-12(4-10)8-14/h10-12H,1-9H2,(H,16,17). The predicted molar refractivity (Wildman–Crippen MR) is 69.0 cm³/mol. The predicted octanol–water partition coefficient (Wildman–Crippen LogP) is 2.95. The minimum atomic E-state index is 0.229. The third-order valence-electron chi connectivity index (χ3n) is 5.12. The van der Waals surface area contributed by atoms with Gasteiger partial charge in [0, 0.05) is 18.8 Å². The number of carbonyl (C=O) groups is 1. The Balaban J connectivity index is 1.64. The van der Waals surface area contributed by atoms with Gasteiger partial charge in [0.05, 0.1) is 0 Å². The van der Waals surface area contributed by atoms with Gasteiger partial charge in [-0.3, -0.25) is 4.79 Å². The molecule has 0 heterocycles. The quantitative estimate of drug-likeness (QED) is 0.769. The van der Waals surface area contributed by atoms with E-state index < -0.39 is 0 Å². The third kappa shape index (κ3) is 2.33. The van der Waals surface area contributed by atoms with Crippen LogP contribution in [0.15, 0.2) is 0 Å². The maximum absolute atomic E-state index is 11.9. The molecular formula is C14H22ClNO. The van der Waals surface area contributed by atoms with E-state index >= 15 is 0 Å². The largest absolute Gasteiger partial charge is 0.355 e. The Morgan fingerprint density at radius 1 is 1.12 bits per heavy atom. The molecule has 0 unspecified atom stereocenters. The van der Waals surface area contributed by atoms with E-state index in [0.717, 1.165) is 24.2 Å². The zero-order chi connectivity index (χ0) is 11.9. The summed E-state index contributed by atoms with van der Waals surface area (Å²) in [6, 6.07) is 0. The molecule has 0 radical (unpaired) electrons. The van der Waals surface area contributed by atoms with Gasteiger partial charge in [-0.25, -0.2) is 0 Å². The summed E-state index contributed by atoms with van der Waals surface area (Å²) in [6.07, 6.45) is 9.04. The third-order valence-corrected chi connectivity index (χ3v) is 5.31. The molecule has 2 nitrogen and oxygen atoms in total. The average Bonchev–Trinajstić information content (AvgIpc) is 2.23. The second-order valence-corrected chi connectivity index (χ2v) is 7.01. The van der Waals surface area contributed by atoms with Crippen LogP contribution in [-0.2, 0) is 4.79 Å². The Kier molecular flexibility index (Phi) is 3.10. The molecule has 4 fully saturated rings. The molecule has 4 aliphatic rings. The van der Waals surface area contributed by atoms with Crippen LogP contribution in [0.4, 0.5) is 0 Å². The van der Waals surface area contributed by atoms with Crippen LogP contribution in [-0.4, -0.2) is 18.3 Å². The van der Waals surface area contributed by atoms with Crippen molar-refractivity contribution in [2.24, 2.45) is 23.2 Å². The van der Waals surface area contributed by atoms with E-state index in [1.807, 2.05) is 0 Å². The van der Waals surface area contributed by atoms with Crippen LogP contribution in [0.2, 0.25) is 0 Å². The van der Waals surface area contributed by atoms with Crippen molar-refractivity contribution in [1.82, 2.24) is 5.32 Å². The molecule has 1 N–H and O–H groups in total. The van der Waals surface area contributed by atoms with Crippen LogP contribution in [0, 0.1) is 23.2 Å². The van der Waals surface area contributed by atoms with Crippen molar-refractivity contribution in [3.63, 3.8) is 0 Å². The van der Waals surface area contributed by atoms with Gasteiger partial charge < -0.3 is 5.32 Å². The van der Waals surface area contributed by atoms with Crippen LogP contribution in [0.3, 0.4) is 0 Å². The van der Waals surface area contributed by atoms with Gasteiger partial charge in [-0.15, -0.1) is 11.6 Å². The molecule has 4 bridgehead atoms. The van der Waals surface area contributed by atoms with Gasteiger partial charge in [0.25, 0.3) is 0 Å². The number of hydrogen-bond donors (Lipinski definition) is 1. The molecule has 0 aromatic rings. The highest BCUT2D eigenvalue weighted by Gasteiger charge is 2.51. The molecule has 1 amide bonds. The highest BCUT2D eigenvalue weighted by molar-refractivity contribution is 6.18. The fraction of sp³-hybridized carbons (Fsp3) is 0.929. The average molecular weight is 256 g/mol. The molecule has 0 atom stereocenters. The molecule has 4 rings (SSSR count). The second-order valence-electron chi connectivity index (χ2n) is 6.63. The Morgan fingerprint density at radius 3 is 2.12 bits per heavy atom. The summed E-state index contributed by atoms with van der Waals surface area (Å²) in [5.74, 6) is 3.55. The van der Waals surface area contributed by atoms with E-state index in [-0.39, 0.29) is 5.91 Å². The first-order valence-electron chi connectivity index (χ1n) is 7.02. The molecule has 0 spiro atoms. The zero-order valence-corrected chi connectivity index (χ0v) is 11.1. The van der Waals surface area contributed by atoms with Gasteiger partial charge >= 0.3 is 0 Å². The summed E-state index contributed by atoms with van der Waals surface area (Å²) in [5.41, 5.74) is 0.366. The number of alkyl halides is 1. The molecule has 0 aromatic carbocycles. The summed E-state index contributed by atoms with van der Waals surface area (Å²) >= 11 is 5.61. The van der Waals surface area contributed by atoms with Crippen molar-refractivity contribution in [2.75, 3.05) is 12.4 Å². The number of amides is 1. The van der Waals surface area contributed by atoms with Gasteiger partial charge in [-0.1, -0.05) is 0 Å². The van der Waals surface area contributed by atoms with Crippen LogP contribution in [0.1, 0.15) is 44.9 Å². The normalized spacial score (nSPS) is 42.8. The van der Waals surface area contributed by atoms with Crippen LogP contribution in [0.25, 0.3) is 0 Å². The highest BCUT2D eigenvalue weighted by atomic mass is 35.5. The molecule has 0 saturated heterocycles. The summed E-state index contributed by atoms with van der Waals surface area (Å²) in [6.45, 7) is 0.618. The summed E-state index contributed by atoms with van der Waals surface area (Å²) in [5, 5.41) is 2.94. The van der Waals surface area contributed by atoms with Gasteiger partial charge in [0.2, 0.25) is 5.91 Å². The lowest BCUT2D eigenvalue weighted by Gasteiger charge is -2.56. The van der Waals surface area contributed by atoms with E-state index in [4.69, 9.17) is 11.6 Å². The van der Waals surface area contributed by atoms with E-state index in [9.17, 15) is 4.79 Å². The maximum Gasteiger partial charge on any atom is 0.220 e. The number of carbonyl (C=O) groups excluding carboxylic acids is 1. The van der Waals surface area contributed by atoms with Crippen LogP contribution < -0.4 is 5.32 Å². The monoisotopic (exact) mass is 255 g/mol. The lowest BCUT2D eigenvalue weighted by atomic mass is 9.49. The molecule has 4 saturated carbocycles. The first kappa shape index (κ1) is 11.8. The molecular weight excluding hydrogens is 234 g/mol. The molecule has 4 aliphatic carbocycles. The van der Waals surface area contributed by atoms with E-state index in [1.54, 1.807) is 0 Å². The van der Waals surface area contributed by atoms with E-state index in [2.05, 4.69) is 5.32 Å². The van der Waals surface area contributed by atoms with Crippen molar-refractivity contribution in [2.45, 2.75) is 44.9 Å².